The highest BCUT2D eigenvalue weighted by Gasteiger charge is 2.30. The highest BCUT2D eigenvalue weighted by molar-refractivity contribution is 5.27. The van der Waals surface area contributed by atoms with Crippen molar-refractivity contribution < 1.29 is 9.13 Å². The molecule has 0 N–H and O–H groups in total. The summed E-state index contributed by atoms with van der Waals surface area (Å²) in [6.07, 6.45) is 19.7. The summed E-state index contributed by atoms with van der Waals surface area (Å²) >= 11 is 0. The second-order valence-electron chi connectivity index (χ2n) is 10.5. The van der Waals surface area contributed by atoms with Gasteiger partial charge in [-0.2, -0.15) is 9.13 Å². The number of hydrogen-bond acceptors (Lipinski definition) is 0. The predicted octanol–water partition coefficient (Wildman–Crippen LogP) is 6.80. The van der Waals surface area contributed by atoms with Crippen LogP contribution in [0.15, 0.2) is 60.9 Å². The van der Waals surface area contributed by atoms with Crippen LogP contribution < -0.4 is 9.13 Å². The number of nitrogens with zero attached hydrogens (tertiary/aromatic N) is 2. The third kappa shape index (κ3) is 4.69. The van der Waals surface area contributed by atoms with Crippen molar-refractivity contribution in [3.63, 3.8) is 0 Å². The average Bonchev–Trinajstić information content (AvgIpc) is 2.90. The molecule has 5 rings (SSSR count). The van der Waals surface area contributed by atoms with Crippen molar-refractivity contribution in [2.24, 2.45) is 0 Å². The fraction of sp³-hybridized carbons (Fsp3) is 0.500. The highest BCUT2D eigenvalue weighted by atomic mass is 15.0. The maximum absolute atomic E-state index is 2.61. The largest absolute Gasteiger partial charge is 0.195 e. The maximum atomic E-state index is 2.61. The Bertz CT molecular complexity index is 1010. The van der Waals surface area contributed by atoms with Gasteiger partial charge in [0.05, 0.1) is 0 Å². The standard InChI is InChI=1S/C32H42N2/c1-3-11-29(33-23-9-15-25-13-5-7-17-31(25)33)27-19-21-28(22-20-27)30(12-4-2)34-24-10-16-26-14-6-8-18-32(26)34/h9-10,15-16,19-24,29-30H,3-8,11-14,17-18H2,1-2H3/q+2. The molecule has 0 bridgehead atoms. The van der Waals surface area contributed by atoms with Crippen LogP contribution in [0.2, 0.25) is 0 Å². The van der Waals surface area contributed by atoms with E-state index in [1.807, 2.05) is 0 Å². The van der Waals surface area contributed by atoms with Crippen molar-refractivity contribution in [2.45, 2.75) is 103 Å². The van der Waals surface area contributed by atoms with E-state index < -0.39 is 0 Å². The molecule has 2 aliphatic rings. The summed E-state index contributed by atoms with van der Waals surface area (Å²) in [5, 5.41) is 0. The molecule has 2 heteroatoms. The normalized spacial score (nSPS) is 17.0. The monoisotopic (exact) mass is 454 g/mol. The number of rotatable bonds is 8. The first-order chi connectivity index (χ1) is 16.8. The molecule has 2 nitrogen and oxygen atoms in total. The first-order valence-electron chi connectivity index (χ1n) is 13.9. The fourth-order valence-electron chi connectivity index (χ4n) is 6.46. The van der Waals surface area contributed by atoms with Gasteiger partial charge in [-0.05, 0) is 63.5 Å². The lowest BCUT2D eigenvalue weighted by Crippen LogP contribution is -2.46. The van der Waals surface area contributed by atoms with Gasteiger partial charge in [0.1, 0.15) is 0 Å². The van der Waals surface area contributed by atoms with Gasteiger partial charge < -0.3 is 0 Å². The molecule has 2 aliphatic carbocycles. The number of hydrogen-bond donors (Lipinski definition) is 0. The SMILES string of the molecule is CCCC(c1ccc(C(CCC)[n+]2cccc3c2CCCC3)cc1)[n+]1cccc2c1CCCC2. The van der Waals surface area contributed by atoms with E-state index in [-0.39, 0.29) is 0 Å². The number of pyridine rings is 2. The summed E-state index contributed by atoms with van der Waals surface area (Å²) in [6.45, 7) is 4.65. The lowest BCUT2D eigenvalue weighted by molar-refractivity contribution is -0.722. The predicted molar refractivity (Wildman–Crippen MR) is 139 cm³/mol. The minimum absolute atomic E-state index is 0.439. The molecule has 2 atom stereocenters. The lowest BCUT2D eigenvalue weighted by atomic mass is 9.91. The molecule has 34 heavy (non-hydrogen) atoms. The first-order valence-corrected chi connectivity index (χ1v) is 13.9. The molecule has 0 amide bonds. The molecule has 178 valence electrons. The molecule has 0 fully saturated rings. The molecule has 2 aromatic heterocycles. The molecule has 0 saturated carbocycles. The van der Waals surface area contributed by atoms with Crippen molar-refractivity contribution in [2.75, 3.05) is 0 Å². The smallest absolute Gasteiger partial charge is 0.185 e. The minimum atomic E-state index is 0.439. The van der Waals surface area contributed by atoms with Gasteiger partial charge in [-0.1, -0.05) is 38.1 Å². The Balaban J connectivity index is 1.48. The zero-order valence-corrected chi connectivity index (χ0v) is 21.3. The molecular weight excluding hydrogens is 412 g/mol. The van der Waals surface area contributed by atoms with E-state index in [1.54, 1.807) is 22.5 Å². The molecule has 0 radical (unpaired) electrons. The summed E-state index contributed by atoms with van der Waals surface area (Å²) in [5.41, 5.74) is 9.22. The summed E-state index contributed by atoms with van der Waals surface area (Å²) in [4.78, 5) is 0. The third-order valence-corrected chi connectivity index (χ3v) is 8.17. The van der Waals surface area contributed by atoms with Crippen molar-refractivity contribution in [3.8, 4) is 0 Å². The average molecular weight is 455 g/mol. The molecule has 2 unspecified atom stereocenters. The molecule has 3 aromatic rings. The highest BCUT2D eigenvalue weighted by Crippen LogP contribution is 2.27. The van der Waals surface area contributed by atoms with Gasteiger partial charge in [-0.15, -0.1) is 0 Å². The molecule has 0 spiro atoms. The van der Waals surface area contributed by atoms with Gasteiger partial charge in [0.25, 0.3) is 0 Å². The number of fused-ring (bicyclic) bond motifs is 2. The van der Waals surface area contributed by atoms with E-state index in [0.29, 0.717) is 12.1 Å². The Labute approximate surface area is 206 Å². The second-order valence-corrected chi connectivity index (χ2v) is 10.5. The van der Waals surface area contributed by atoms with Gasteiger partial charge >= 0.3 is 0 Å². The quantitative estimate of drug-likeness (QED) is 0.331. The summed E-state index contributed by atoms with van der Waals surface area (Å²) in [6, 6.07) is 19.9. The van der Waals surface area contributed by atoms with Gasteiger partial charge in [0, 0.05) is 60.1 Å². The van der Waals surface area contributed by atoms with Crippen LogP contribution in [0.1, 0.15) is 111 Å². The van der Waals surface area contributed by atoms with E-state index in [2.05, 4.69) is 83.9 Å². The van der Waals surface area contributed by atoms with E-state index in [0.717, 1.165) is 0 Å². The number of aryl methyl sites for hydroxylation is 2. The van der Waals surface area contributed by atoms with Crippen molar-refractivity contribution in [3.05, 3.63) is 94.6 Å². The van der Waals surface area contributed by atoms with E-state index >= 15 is 0 Å². The van der Waals surface area contributed by atoms with Crippen LogP contribution in [0, 0.1) is 0 Å². The van der Waals surface area contributed by atoms with Crippen LogP contribution in [-0.4, -0.2) is 0 Å². The summed E-state index contributed by atoms with van der Waals surface area (Å²) in [5.74, 6) is 0. The topological polar surface area (TPSA) is 7.76 Å². The molecule has 0 aliphatic heterocycles. The number of aromatic nitrogens is 2. The van der Waals surface area contributed by atoms with Gasteiger partial charge in [0.2, 0.25) is 0 Å². The van der Waals surface area contributed by atoms with Crippen molar-refractivity contribution >= 4 is 0 Å². The van der Waals surface area contributed by atoms with Gasteiger partial charge in [-0.25, -0.2) is 0 Å². The van der Waals surface area contributed by atoms with Crippen molar-refractivity contribution in [1.82, 2.24) is 0 Å². The second kappa shape index (κ2) is 10.8. The molecule has 0 saturated heterocycles. The molecule has 2 heterocycles. The van der Waals surface area contributed by atoms with Crippen LogP contribution in [-0.2, 0) is 25.7 Å². The van der Waals surface area contributed by atoms with E-state index in [1.165, 1.54) is 88.2 Å². The van der Waals surface area contributed by atoms with E-state index in [4.69, 9.17) is 0 Å². The lowest BCUT2D eigenvalue weighted by Gasteiger charge is -2.21. The molecular formula is C32H42N2+2. The zero-order chi connectivity index (χ0) is 23.3. The van der Waals surface area contributed by atoms with Crippen LogP contribution in [0.4, 0.5) is 0 Å². The van der Waals surface area contributed by atoms with Gasteiger partial charge in [-0.3, -0.25) is 0 Å². The van der Waals surface area contributed by atoms with Crippen LogP contribution in [0.3, 0.4) is 0 Å². The van der Waals surface area contributed by atoms with Crippen LogP contribution in [0.5, 0.6) is 0 Å². The van der Waals surface area contributed by atoms with Crippen LogP contribution in [0.25, 0.3) is 0 Å². The van der Waals surface area contributed by atoms with Crippen LogP contribution >= 0.6 is 0 Å². The third-order valence-electron chi connectivity index (χ3n) is 8.17. The first kappa shape index (κ1) is 23.3. The summed E-state index contributed by atoms with van der Waals surface area (Å²) in [7, 11) is 0. The van der Waals surface area contributed by atoms with Crippen molar-refractivity contribution in [1.29, 1.82) is 0 Å². The summed E-state index contributed by atoms with van der Waals surface area (Å²) < 4.78 is 5.22. The Morgan fingerprint density at radius 2 is 1.00 bits per heavy atom. The number of benzene rings is 1. The van der Waals surface area contributed by atoms with Gasteiger partial charge in [0.15, 0.2) is 35.9 Å². The Morgan fingerprint density at radius 3 is 1.41 bits per heavy atom. The molecule has 1 aromatic carbocycles. The minimum Gasteiger partial charge on any atom is -0.195 e. The Kier molecular flexibility index (Phi) is 7.42. The Morgan fingerprint density at radius 1 is 0.588 bits per heavy atom. The fourth-order valence-corrected chi connectivity index (χ4v) is 6.46. The van der Waals surface area contributed by atoms with E-state index in [9.17, 15) is 0 Å². The Hall–Kier alpha value is -2.48. The zero-order valence-electron chi connectivity index (χ0n) is 21.3. The maximum Gasteiger partial charge on any atom is 0.185 e.